The molecule has 0 radical (unpaired) electrons. The summed E-state index contributed by atoms with van der Waals surface area (Å²) in [6.45, 7) is 8.42. The van der Waals surface area contributed by atoms with Gasteiger partial charge in [0.05, 0.1) is 32.7 Å². The maximum absolute atomic E-state index is 12.9. The minimum Gasteiger partial charge on any atom is -0.493 e. The van der Waals surface area contributed by atoms with Gasteiger partial charge in [-0.05, 0) is 47.7 Å². The highest BCUT2D eigenvalue weighted by molar-refractivity contribution is 5.79. The number of carbonyl (C=O) groups excluding carboxylic acids is 1. The Hall–Kier alpha value is -2.53. The van der Waals surface area contributed by atoms with Crippen molar-refractivity contribution in [3.8, 4) is 11.5 Å². The average Bonchev–Trinajstić information content (AvgIpc) is 2.76. The first-order valence-corrected chi connectivity index (χ1v) is 10.8. The number of amides is 1. The van der Waals surface area contributed by atoms with Gasteiger partial charge in [0, 0.05) is 6.54 Å². The number of benzene rings is 2. The third kappa shape index (κ3) is 4.78. The van der Waals surface area contributed by atoms with Gasteiger partial charge in [-0.15, -0.1) is 0 Å². The van der Waals surface area contributed by atoms with Crippen molar-refractivity contribution >= 4 is 5.91 Å². The van der Waals surface area contributed by atoms with Crippen molar-refractivity contribution in [2.45, 2.75) is 45.7 Å². The smallest absolute Gasteiger partial charge is 0.224 e. The normalized spacial score (nSPS) is 17.3. The van der Waals surface area contributed by atoms with Crippen molar-refractivity contribution in [3.05, 3.63) is 59.2 Å². The minimum absolute atomic E-state index is 0.00156. The van der Waals surface area contributed by atoms with Gasteiger partial charge in [0.1, 0.15) is 0 Å². The highest BCUT2D eigenvalue weighted by atomic mass is 16.5. The summed E-state index contributed by atoms with van der Waals surface area (Å²) in [5, 5.41) is 3.35. The van der Waals surface area contributed by atoms with E-state index in [1.807, 2.05) is 30.3 Å². The first-order valence-electron chi connectivity index (χ1n) is 10.8. The van der Waals surface area contributed by atoms with Gasteiger partial charge in [-0.3, -0.25) is 9.69 Å². The Labute approximate surface area is 180 Å². The van der Waals surface area contributed by atoms with Crippen LogP contribution in [0.5, 0.6) is 11.5 Å². The monoisotopic (exact) mass is 410 g/mol. The summed E-state index contributed by atoms with van der Waals surface area (Å²) >= 11 is 0. The maximum Gasteiger partial charge on any atom is 0.224 e. The molecular weight excluding hydrogens is 376 g/mol. The third-order valence-electron chi connectivity index (χ3n) is 6.03. The zero-order chi connectivity index (χ0) is 21.7. The average molecular weight is 411 g/mol. The van der Waals surface area contributed by atoms with Gasteiger partial charge < -0.3 is 14.8 Å². The van der Waals surface area contributed by atoms with E-state index < -0.39 is 0 Å². The Balaban J connectivity index is 1.93. The fourth-order valence-corrected chi connectivity index (χ4v) is 4.43. The molecule has 2 aromatic carbocycles. The summed E-state index contributed by atoms with van der Waals surface area (Å²) in [7, 11) is 3.34. The third-order valence-corrected chi connectivity index (χ3v) is 6.03. The quantitative estimate of drug-likeness (QED) is 0.715. The fraction of sp³-hybridized carbons (Fsp3) is 0.480. The minimum atomic E-state index is -0.00156. The van der Waals surface area contributed by atoms with Crippen LogP contribution in [0.2, 0.25) is 0 Å². The molecule has 1 N–H and O–H groups in total. The van der Waals surface area contributed by atoms with E-state index in [0.717, 1.165) is 36.6 Å². The van der Waals surface area contributed by atoms with Crippen molar-refractivity contribution in [1.82, 2.24) is 10.2 Å². The Morgan fingerprint density at radius 2 is 1.80 bits per heavy atom. The van der Waals surface area contributed by atoms with E-state index in [2.05, 4.69) is 43.1 Å². The Morgan fingerprint density at radius 3 is 2.40 bits per heavy atom. The van der Waals surface area contributed by atoms with Gasteiger partial charge in [-0.2, -0.15) is 0 Å². The zero-order valence-corrected chi connectivity index (χ0v) is 18.8. The number of hydrogen-bond donors (Lipinski definition) is 1. The molecule has 0 saturated heterocycles. The van der Waals surface area contributed by atoms with Crippen LogP contribution < -0.4 is 14.8 Å². The molecule has 0 fully saturated rings. The zero-order valence-electron chi connectivity index (χ0n) is 18.8. The summed E-state index contributed by atoms with van der Waals surface area (Å²) in [5.41, 5.74) is 3.52. The van der Waals surface area contributed by atoms with Gasteiger partial charge in [0.15, 0.2) is 11.5 Å². The lowest BCUT2D eigenvalue weighted by Gasteiger charge is -2.43. The number of methoxy groups -OCH3 is 2. The number of nitrogens with zero attached hydrogens (tertiary/aromatic N) is 1. The lowest BCUT2D eigenvalue weighted by molar-refractivity contribution is -0.122. The Morgan fingerprint density at radius 1 is 1.13 bits per heavy atom. The van der Waals surface area contributed by atoms with Crippen LogP contribution in [0.1, 0.15) is 43.5 Å². The van der Waals surface area contributed by atoms with E-state index in [9.17, 15) is 4.79 Å². The molecule has 30 heavy (non-hydrogen) atoms. The fourth-order valence-electron chi connectivity index (χ4n) is 4.43. The van der Waals surface area contributed by atoms with E-state index >= 15 is 0 Å². The number of rotatable bonds is 8. The van der Waals surface area contributed by atoms with Gasteiger partial charge in [-0.1, -0.05) is 51.1 Å². The molecule has 1 heterocycles. The molecule has 5 nitrogen and oxygen atoms in total. The molecule has 0 aliphatic carbocycles. The van der Waals surface area contributed by atoms with Crippen molar-refractivity contribution < 1.29 is 14.3 Å². The molecule has 0 bridgehead atoms. The highest BCUT2D eigenvalue weighted by Gasteiger charge is 2.36. The van der Waals surface area contributed by atoms with Crippen molar-refractivity contribution in [2.75, 3.05) is 27.3 Å². The van der Waals surface area contributed by atoms with Crippen molar-refractivity contribution in [3.63, 3.8) is 0 Å². The van der Waals surface area contributed by atoms with Crippen LogP contribution in [0.3, 0.4) is 0 Å². The van der Waals surface area contributed by atoms with Gasteiger partial charge in [0.25, 0.3) is 0 Å². The largest absolute Gasteiger partial charge is 0.493 e. The first kappa shape index (κ1) is 22.2. The summed E-state index contributed by atoms with van der Waals surface area (Å²) in [5.74, 6) is 1.83. The van der Waals surface area contributed by atoms with Crippen molar-refractivity contribution in [2.24, 2.45) is 5.92 Å². The number of hydrogen-bond acceptors (Lipinski definition) is 4. The standard InChI is InChI=1S/C25H34N2O3/c1-6-27-13-12-19-15-21(29-4)22(30-5)16-20(19)25(27)24(17(2)3)26-23(28)14-18-10-8-7-9-11-18/h7-11,15-17,24-25H,6,12-14H2,1-5H3,(H,26,28). The number of carbonyl (C=O) groups is 1. The number of nitrogens with one attached hydrogen (secondary N) is 1. The summed E-state index contributed by atoms with van der Waals surface area (Å²) < 4.78 is 11.1. The molecule has 0 saturated carbocycles. The summed E-state index contributed by atoms with van der Waals surface area (Å²) in [4.78, 5) is 15.4. The number of ether oxygens (including phenoxy) is 2. The molecule has 5 heteroatoms. The number of likely N-dealkylation sites (N-methyl/N-ethyl adjacent to an activating group) is 1. The topological polar surface area (TPSA) is 50.8 Å². The lowest BCUT2D eigenvalue weighted by atomic mass is 9.83. The molecule has 0 spiro atoms. The van der Waals surface area contributed by atoms with E-state index in [4.69, 9.17) is 9.47 Å². The van der Waals surface area contributed by atoms with E-state index in [1.54, 1.807) is 14.2 Å². The Kier molecular flexibility index (Phi) is 7.38. The van der Waals surface area contributed by atoms with Crippen LogP contribution in [-0.4, -0.2) is 44.2 Å². The van der Waals surface area contributed by atoms with Crippen LogP contribution in [0.4, 0.5) is 0 Å². The first-order chi connectivity index (χ1) is 14.5. The lowest BCUT2D eigenvalue weighted by Crippen LogP contribution is -2.51. The summed E-state index contributed by atoms with van der Waals surface area (Å²) in [6, 6.07) is 14.2. The van der Waals surface area contributed by atoms with Gasteiger partial charge in [0.2, 0.25) is 5.91 Å². The van der Waals surface area contributed by atoms with Crippen LogP contribution in [0.25, 0.3) is 0 Å². The second-order valence-corrected chi connectivity index (χ2v) is 8.23. The molecule has 2 unspecified atom stereocenters. The van der Waals surface area contributed by atoms with Crippen LogP contribution in [-0.2, 0) is 17.6 Å². The SMILES string of the molecule is CCN1CCc2cc(OC)c(OC)cc2C1C(NC(=O)Cc1ccccc1)C(C)C. The molecule has 2 aromatic rings. The molecule has 1 aliphatic heterocycles. The second kappa shape index (κ2) is 9.98. The van der Waals surface area contributed by atoms with E-state index in [0.29, 0.717) is 6.42 Å². The summed E-state index contributed by atoms with van der Waals surface area (Å²) in [6.07, 6.45) is 1.35. The van der Waals surface area contributed by atoms with Gasteiger partial charge in [-0.25, -0.2) is 0 Å². The second-order valence-electron chi connectivity index (χ2n) is 8.23. The van der Waals surface area contributed by atoms with Crippen LogP contribution in [0.15, 0.2) is 42.5 Å². The molecule has 1 aliphatic rings. The predicted octanol–water partition coefficient (Wildman–Crippen LogP) is 4.01. The highest BCUT2D eigenvalue weighted by Crippen LogP contribution is 2.40. The molecule has 162 valence electrons. The Bertz CT molecular complexity index is 851. The van der Waals surface area contributed by atoms with E-state index in [1.165, 1.54) is 11.1 Å². The predicted molar refractivity (Wildman–Crippen MR) is 120 cm³/mol. The van der Waals surface area contributed by atoms with E-state index in [-0.39, 0.29) is 23.9 Å². The maximum atomic E-state index is 12.9. The molecular formula is C25H34N2O3. The van der Waals surface area contributed by atoms with Gasteiger partial charge >= 0.3 is 0 Å². The number of fused-ring (bicyclic) bond motifs is 1. The molecule has 0 aromatic heterocycles. The van der Waals surface area contributed by atoms with Crippen LogP contribution in [0, 0.1) is 5.92 Å². The molecule has 1 amide bonds. The van der Waals surface area contributed by atoms with Crippen LogP contribution >= 0.6 is 0 Å². The molecule has 3 rings (SSSR count). The molecule has 2 atom stereocenters. The van der Waals surface area contributed by atoms with Crippen molar-refractivity contribution in [1.29, 1.82) is 0 Å².